The van der Waals surface area contributed by atoms with Crippen molar-refractivity contribution in [3.8, 4) is 0 Å². The highest BCUT2D eigenvalue weighted by atomic mass is 32.2. The van der Waals surface area contributed by atoms with Crippen molar-refractivity contribution in [2.24, 2.45) is 0 Å². The molecule has 1 rings (SSSR count). The minimum Gasteiger partial charge on any atom is -0.392 e. The van der Waals surface area contributed by atoms with Gasteiger partial charge in [0.05, 0.1) is 11.5 Å². The van der Waals surface area contributed by atoms with Crippen LogP contribution in [0.5, 0.6) is 0 Å². The summed E-state index contributed by atoms with van der Waals surface area (Å²) < 4.78 is 25.4. The van der Waals surface area contributed by atoms with Crippen molar-refractivity contribution in [1.29, 1.82) is 0 Å². The fraction of sp³-hybridized carbons (Fsp3) is 0.333. The number of hydrogen-bond donors (Lipinski definition) is 1. The predicted molar refractivity (Wildman–Crippen MR) is 67.0 cm³/mol. The van der Waals surface area contributed by atoms with E-state index in [1.165, 1.54) is 23.5 Å². The van der Waals surface area contributed by atoms with E-state index in [1.54, 1.807) is 19.1 Å². The van der Waals surface area contributed by atoms with Gasteiger partial charge in [0.2, 0.25) is 10.0 Å². The van der Waals surface area contributed by atoms with Gasteiger partial charge in [-0.3, -0.25) is 0 Å². The summed E-state index contributed by atoms with van der Waals surface area (Å²) in [5, 5.41) is 8.89. The van der Waals surface area contributed by atoms with Crippen molar-refractivity contribution < 1.29 is 13.5 Å². The van der Waals surface area contributed by atoms with Crippen molar-refractivity contribution in [3.63, 3.8) is 0 Å². The first kappa shape index (κ1) is 13.9. The molecule has 0 fully saturated rings. The van der Waals surface area contributed by atoms with E-state index in [4.69, 9.17) is 5.11 Å². The van der Waals surface area contributed by atoms with Gasteiger partial charge in [0, 0.05) is 13.6 Å². The van der Waals surface area contributed by atoms with Crippen LogP contribution >= 0.6 is 0 Å². The summed E-state index contributed by atoms with van der Waals surface area (Å²) >= 11 is 0. The molecule has 0 radical (unpaired) electrons. The maximum absolute atomic E-state index is 12.1. The Labute approximate surface area is 102 Å². The summed E-state index contributed by atoms with van der Waals surface area (Å²) in [4.78, 5) is 0.221. The molecule has 1 aromatic carbocycles. The maximum Gasteiger partial charge on any atom is 0.243 e. The molecular formula is C12H17NO3S. The van der Waals surface area contributed by atoms with Gasteiger partial charge in [0.25, 0.3) is 0 Å². The molecule has 0 bridgehead atoms. The zero-order valence-electron chi connectivity index (χ0n) is 10.0. The van der Waals surface area contributed by atoms with Gasteiger partial charge in [-0.05, 0) is 24.6 Å². The number of aliphatic hydroxyl groups is 1. The molecule has 1 N–H and O–H groups in total. The Morgan fingerprint density at radius 1 is 1.35 bits per heavy atom. The Hall–Kier alpha value is -1.17. The first-order valence-corrected chi connectivity index (χ1v) is 6.62. The van der Waals surface area contributed by atoms with Crippen molar-refractivity contribution in [3.05, 3.63) is 42.0 Å². The standard InChI is InChI=1S/C12H17NO3S/c1-10(2)8-13(3)17(15,16)12-6-4-11(9-14)5-7-12/h4-7,14H,1,8-9H2,2-3H3. The second-order valence-corrected chi connectivity index (χ2v) is 6.07. The highest BCUT2D eigenvalue weighted by Crippen LogP contribution is 2.15. The molecule has 1 aromatic rings. The molecule has 0 saturated heterocycles. The quantitative estimate of drug-likeness (QED) is 0.809. The van der Waals surface area contributed by atoms with Crippen LogP contribution in [-0.4, -0.2) is 31.4 Å². The first-order chi connectivity index (χ1) is 7.87. The molecule has 0 unspecified atom stereocenters. The smallest absolute Gasteiger partial charge is 0.243 e. The molecule has 0 aliphatic rings. The third kappa shape index (κ3) is 3.39. The summed E-state index contributed by atoms with van der Waals surface area (Å²) in [6.07, 6.45) is 0. The van der Waals surface area contributed by atoms with Gasteiger partial charge in [-0.1, -0.05) is 24.3 Å². The lowest BCUT2D eigenvalue weighted by atomic mass is 10.2. The Bertz CT molecular complexity index is 491. The van der Waals surface area contributed by atoms with E-state index in [0.717, 1.165) is 5.57 Å². The van der Waals surface area contributed by atoms with E-state index in [9.17, 15) is 8.42 Å². The van der Waals surface area contributed by atoms with Crippen LogP contribution in [0.1, 0.15) is 12.5 Å². The Balaban J connectivity index is 3.00. The third-order valence-electron chi connectivity index (χ3n) is 2.31. The van der Waals surface area contributed by atoms with Gasteiger partial charge >= 0.3 is 0 Å². The molecule has 0 atom stereocenters. The molecule has 17 heavy (non-hydrogen) atoms. The van der Waals surface area contributed by atoms with Crippen LogP contribution in [0.15, 0.2) is 41.3 Å². The molecule has 0 amide bonds. The molecule has 0 spiro atoms. The monoisotopic (exact) mass is 255 g/mol. The van der Waals surface area contributed by atoms with E-state index in [0.29, 0.717) is 12.1 Å². The van der Waals surface area contributed by atoms with Gasteiger partial charge in [0.1, 0.15) is 0 Å². The lowest BCUT2D eigenvalue weighted by molar-refractivity contribution is 0.281. The molecule has 0 aliphatic heterocycles. The summed E-state index contributed by atoms with van der Waals surface area (Å²) in [5.41, 5.74) is 1.47. The number of sulfonamides is 1. The van der Waals surface area contributed by atoms with Crippen LogP contribution in [-0.2, 0) is 16.6 Å². The second-order valence-electron chi connectivity index (χ2n) is 4.02. The number of likely N-dealkylation sites (N-methyl/N-ethyl adjacent to an activating group) is 1. The van der Waals surface area contributed by atoms with Gasteiger partial charge < -0.3 is 5.11 Å². The molecule has 0 saturated carbocycles. The minimum atomic E-state index is -3.47. The SMILES string of the molecule is C=C(C)CN(C)S(=O)(=O)c1ccc(CO)cc1. The summed E-state index contributed by atoms with van der Waals surface area (Å²) in [7, 11) is -1.95. The Morgan fingerprint density at radius 2 is 1.88 bits per heavy atom. The largest absolute Gasteiger partial charge is 0.392 e. The topological polar surface area (TPSA) is 57.6 Å². The normalized spacial score (nSPS) is 11.8. The van der Waals surface area contributed by atoms with Crippen LogP contribution in [0.4, 0.5) is 0 Å². The van der Waals surface area contributed by atoms with E-state index in [-0.39, 0.29) is 11.5 Å². The summed E-state index contributed by atoms with van der Waals surface area (Å²) in [6, 6.07) is 6.19. The van der Waals surface area contributed by atoms with Gasteiger partial charge in [-0.25, -0.2) is 8.42 Å². The lowest BCUT2D eigenvalue weighted by Crippen LogP contribution is -2.28. The molecule has 0 aliphatic carbocycles. The number of hydrogen-bond acceptors (Lipinski definition) is 3. The van der Waals surface area contributed by atoms with E-state index < -0.39 is 10.0 Å². The fourth-order valence-electron chi connectivity index (χ4n) is 1.41. The first-order valence-electron chi connectivity index (χ1n) is 5.18. The number of aliphatic hydroxyl groups excluding tert-OH is 1. The zero-order chi connectivity index (χ0) is 13.1. The molecule has 94 valence electrons. The minimum absolute atomic E-state index is 0.0953. The van der Waals surface area contributed by atoms with Gasteiger partial charge in [0.15, 0.2) is 0 Å². The van der Waals surface area contributed by atoms with Crippen molar-refractivity contribution >= 4 is 10.0 Å². The molecule has 0 aromatic heterocycles. The highest BCUT2D eigenvalue weighted by Gasteiger charge is 2.20. The lowest BCUT2D eigenvalue weighted by Gasteiger charge is -2.17. The number of rotatable bonds is 5. The maximum atomic E-state index is 12.1. The third-order valence-corrected chi connectivity index (χ3v) is 4.12. The van der Waals surface area contributed by atoms with Crippen molar-refractivity contribution in [2.45, 2.75) is 18.4 Å². The number of benzene rings is 1. The van der Waals surface area contributed by atoms with Crippen LogP contribution in [0.2, 0.25) is 0 Å². The van der Waals surface area contributed by atoms with Gasteiger partial charge in [-0.2, -0.15) is 4.31 Å². The van der Waals surface area contributed by atoms with Crippen molar-refractivity contribution in [1.82, 2.24) is 4.31 Å². The average Bonchev–Trinajstić information content (AvgIpc) is 2.28. The van der Waals surface area contributed by atoms with Crippen molar-refractivity contribution in [2.75, 3.05) is 13.6 Å². The Morgan fingerprint density at radius 3 is 2.29 bits per heavy atom. The second kappa shape index (κ2) is 5.44. The Kier molecular flexibility index (Phi) is 4.45. The molecule has 4 nitrogen and oxygen atoms in total. The predicted octanol–water partition coefficient (Wildman–Crippen LogP) is 1.38. The van der Waals surface area contributed by atoms with Crippen LogP contribution in [0.3, 0.4) is 0 Å². The molecule has 5 heteroatoms. The zero-order valence-corrected chi connectivity index (χ0v) is 10.9. The van der Waals surface area contributed by atoms with E-state index >= 15 is 0 Å². The van der Waals surface area contributed by atoms with E-state index in [1.807, 2.05) is 0 Å². The van der Waals surface area contributed by atoms with Crippen LogP contribution in [0, 0.1) is 0 Å². The van der Waals surface area contributed by atoms with Crippen LogP contribution in [0.25, 0.3) is 0 Å². The molecular weight excluding hydrogens is 238 g/mol. The summed E-state index contributed by atoms with van der Waals surface area (Å²) in [5.74, 6) is 0. The average molecular weight is 255 g/mol. The molecule has 0 heterocycles. The van der Waals surface area contributed by atoms with E-state index in [2.05, 4.69) is 6.58 Å². The van der Waals surface area contributed by atoms with Gasteiger partial charge in [-0.15, -0.1) is 0 Å². The van der Waals surface area contributed by atoms with Crippen LogP contribution < -0.4 is 0 Å². The number of nitrogens with zero attached hydrogens (tertiary/aromatic N) is 1. The fourth-order valence-corrected chi connectivity index (χ4v) is 2.64. The highest BCUT2D eigenvalue weighted by molar-refractivity contribution is 7.89. The summed E-state index contributed by atoms with van der Waals surface area (Å²) in [6.45, 7) is 5.67.